The monoisotopic (exact) mass is 887 g/mol. The lowest BCUT2D eigenvalue weighted by atomic mass is 9.99. The molecule has 3 aromatic rings. The number of benzene rings is 2. The first-order valence-electron chi connectivity index (χ1n) is 21.2. The van der Waals surface area contributed by atoms with E-state index in [9.17, 15) is 40.2 Å². The Morgan fingerprint density at radius 1 is 0.774 bits per heavy atom. The quantitative estimate of drug-likeness (QED) is 0.0211. The highest BCUT2D eigenvalue weighted by molar-refractivity contribution is 6.31. The van der Waals surface area contributed by atoms with Crippen LogP contribution in [0.4, 0.5) is 11.6 Å². The summed E-state index contributed by atoms with van der Waals surface area (Å²) in [6, 6.07) is 15.3. The van der Waals surface area contributed by atoms with Gasteiger partial charge in [0.25, 0.3) is 5.91 Å². The maximum atomic E-state index is 12.8. The van der Waals surface area contributed by atoms with Crippen molar-refractivity contribution in [2.24, 2.45) is 10.7 Å². The Labute approximate surface area is 368 Å². The molecule has 0 aliphatic rings. The summed E-state index contributed by atoms with van der Waals surface area (Å²) in [5, 5.41) is 74.6. The normalized spacial score (nSPS) is 14.4. The molecule has 2 amide bonds. The number of aryl methyl sites for hydroxylation is 2. The number of unbranched alkanes of at least 4 members (excludes halogenated alkanes) is 5. The molecule has 19 heteroatoms. The Balaban J connectivity index is 1.39. The van der Waals surface area contributed by atoms with Crippen molar-refractivity contribution in [1.29, 1.82) is 0 Å². The molecule has 0 fully saturated rings. The highest BCUT2D eigenvalue weighted by Gasteiger charge is 2.31. The number of nitrogens with one attached hydrogen (secondary N) is 2. The molecule has 0 saturated heterocycles. The van der Waals surface area contributed by atoms with E-state index < -0.39 is 49.3 Å². The summed E-state index contributed by atoms with van der Waals surface area (Å²) >= 11 is 5.83. The Morgan fingerprint density at radius 3 is 1.97 bits per heavy atom. The number of nitrogens with two attached hydrogens (primary N) is 3. The molecule has 1 heterocycles. The summed E-state index contributed by atoms with van der Waals surface area (Å²) in [6.07, 6.45) is 0.449. The first-order chi connectivity index (χ1) is 29.6. The van der Waals surface area contributed by atoms with Crippen molar-refractivity contribution in [3.8, 4) is 11.1 Å². The van der Waals surface area contributed by atoms with Gasteiger partial charge in [-0.05, 0) is 86.7 Å². The molecule has 0 radical (unpaired) electrons. The third-order valence-corrected chi connectivity index (χ3v) is 10.7. The number of hydrogen-bond acceptors (Lipinski definition) is 15. The molecular weight excluding hydrogens is 822 g/mol. The number of halogens is 1. The summed E-state index contributed by atoms with van der Waals surface area (Å²) in [4.78, 5) is 39.0. The second-order valence-electron chi connectivity index (χ2n) is 15.4. The maximum Gasteiger partial charge on any atom is 0.280 e. The van der Waals surface area contributed by atoms with Crippen LogP contribution >= 0.6 is 11.6 Å². The first-order valence-corrected chi connectivity index (χ1v) is 21.6. The smallest absolute Gasteiger partial charge is 0.280 e. The lowest BCUT2D eigenvalue weighted by molar-refractivity contribution is -0.127. The van der Waals surface area contributed by atoms with E-state index in [1.807, 2.05) is 29.2 Å². The number of aromatic nitrogens is 2. The number of aliphatic hydroxyl groups is 7. The van der Waals surface area contributed by atoms with Crippen LogP contribution in [0, 0.1) is 0 Å². The molecule has 5 atom stereocenters. The van der Waals surface area contributed by atoms with Gasteiger partial charge in [-0.1, -0.05) is 86.3 Å². The molecule has 62 heavy (non-hydrogen) atoms. The van der Waals surface area contributed by atoms with Crippen molar-refractivity contribution in [2.45, 2.75) is 121 Å². The van der Waals surface area contributed by atoms with Crippen molar-refractivity contribution in [1.82, 2.24) is 25.5 Å². The lowest BCUT2D eigenvalue weighted by Gasteiger charge is -2.30. The minimum absolute atomic E-state index is 0.0406. The van der Waals surface area contributed by atoms with E-state index in [1.165, 1.54) is 0 Å². The molecule has 0 aliphatic heterocycles. The number of guanidine groups is 1. The highest BCUT2D eigenvalue weighted by atomic mass is 35.5. The number of nitrogens with zero attached hydrogens (tertiary/aromatic N) is 4. The van der Waals surface area contributed by atoms with E-state index in [1.54, 1.807) is 0 Å². The van der Waals surface area contributed by atoms with Gasteiger partial charge >= 0.3 is 0 Å². The van der Waals surface area contributed by atoms with Gasteiger partial charge in [-0.15, -0.1) is 0 Å². The zero-order valence-corrected chi connectivity index (χ0v) is 36.2. The predicted octanol–water partition coefficient (Wildman–Crippen LogP) is 1.25. The number of anilines is 2. The largest absolute Gasteiger partial charge is 0.394 e. The van der Waals surface area contributed by atoms with Gasteiger partial charge in [0.1, 0.15) is 18.3 Å². The average molecular weight is 889 g/mol. The molecule has 2 aromatic carbocycles. The van der Waals surface area contributed by atoms with E-state index >= 15 is 0 Å². The summed E-state index contributed by atoms with van der Waals surface area (Å²) < 4.78 is 0. The second-order valence-corrected chi connectivity index (χ2v) is 15.8. The van der Waals surface area contributed by atoms with Gasteiger partial charge < -0.3 is 63.2 Å². The van der Waals surface area contributed by atoms with Crippen molar-refractivity contribution in [3.05, 3.63) is 70.5 Å². The average Bonchev–Trinajstić information content (AvgIpc) is 3.25. The van der Waals surface area contributed by atoms with E-state index in [0.29, 0.717) is 45.3 Å². The summed E-state index contributed by atoms with van der Waals surface area (Å²) in [6.45, 7) is 2.95. The third kappa shape index (κ3) is 18.1. The van der Waals surface area contributed by atoms with Gasteiger partial charge in [-0.25, -0.2) is 9.97 Å². The number of hydrogen-bond donors (Lipinski definition) is 12. The number of aliphatic hydroxyl groups excluding tert-OH is 6. The Hall–Kier alpha value is -4.50. The van der Waals surface area contributed by atoms with Gasteiger partial charge in [0.05, 0.1) is 18.8 Å². The van der Waals surface area contributed by atoms with Crippen LogP contribution in [0.25, 0.3) is 11.1 Å². The standard InChI is InChI=1S/C43H66ClN9O9/c1-2-3-4-8-23-53(25-32(55)36(58)37(59)33(56)26-54)24-9-6-11-31(42(61)62)49-34(57)21-16-28-14-19-30(20-15-28)29-17-12-27(13-18-29)10-5-7-22-48-43(47)52-41(60)35-39(45)51-40(46)38(44)50-35/h12-15,17-20,31-33,36-37,42,54-56,58-59,61-62H,2-11,16,21-26H2,1H3,(H,49,57)(H4,45,46,51)(H3,47,48,52,60)/t31-,32-,33+,36+,37+/m0/s1. The third-order valence-electron chi connectivity index (χ3n) is 10.4. The van der Waals surface area contributed by atoms with Crippen LogP contribution in [0.3, 0.4) is 0 Å². The molecule has 344 valence electrons. The van der Waals surface area contributed by atoms with Crippen LogP contribution < -0.4 is 27.8 Å². The fourth-order valence-corrected chi connectivity index (χ4v) is 6.84. The maximum absolute atomic E-state index is 12.8. The molecule has 0 unspecified atom stereocenters. The van der Waals surface area contributed by atoms with Gasteiger partial charge in [0.2, 0.25) is 5.91 Å². The van der Waals surface area contributed by atoms with E-state index in [-0.39, 0.29) is 47.3 Å². The van der Waals surface area contributed by atoms with Gasteiger partial charge in [0, 0.05) is 19.5 Å². The van der Waals surface area contributed by atoms with Crippen LogP contribution in [0.5, 0.6) is 0 Å². The predicted molar refractivity (Wildman–Crippen MR) is 239 cm³/mol. The molecule has 1 aromatic heterocycles. The molecule has 3 rings (SSSR count). The number of carbonyl (C=O) groups excluding carboxylic acids is 2. The fourth-order valence-electron chi connectivity index (χ4n) is 6.72. The van der Waals surface area contributed by atoms with E-state index in [4.69, 9.17) is 33.9 Å². The number of carbonyl (C=O) groups is 2. The minimum Gasteiger partial charge on any atom is -0.394 e. The van der Waals surface area contributed by atoms with Crippen LogP contribution in [-0.2, 0) is 17.6 Å². The van der Waals surface area contributed by atoms with Crippen molar-refractivity contribution < 1.29 is 45.3 Å². The number of rotatable bonds is 28. The first kappa shape index (κ1) is 51.8. The van der Waals surface area contributed by atoms with Crippen LogP contribution in [0.2, 0.25) is 5.15 Å². The van der Waals surface area contributed by atoms with Gasteiger partial charge in [0.15, 0.2) is 34.7 Å². The molecule has 15 N–H and O–H groups in total. The molecule has 0 saturated carbocycles. The zero-order valence-electron chi connectivity index (χ0n) is 35.4. The molecule has 18 nitrogen and oxygen atoms in total. The molecular formula is C43H66ClN9O9. The van der Waals surface area contributed by atoms with Crippen molar-refractivity contribution >= 4 is 41.0 Å². The molecule has 0 bridgehead atoms. The van der Waals surface area contributed by atoms with Crippen molar-refractivity contribution in [2.75, 3.05) is 44.3 Å². The zero-order chi connectivity index (χ0) is 45.6. The van der Waals surface area contributed by atoms with Crippen LogP contribution in [0.1, 0.15) is 92.7 Å². The van der Waals surface area contributed by atoms with Gasteiger partial charge in [-0.2, -0.15) is 0 Å². The topological polar surface area (TPSA) is 319 Å². The van der Waals surface area contributed by atoms with E-state index in [2.05, 4.69) is 56.8 Å². The Morgan fingerprint density at radius 2 is 1.37 bits per heavy atom. The number of amides is 2. The van der Waals surface area contributed by atoms with Gasteiger partial charge in [-0.3, -0.25) is 19.9 Å². The lowest BCUT2D eigenvalue weighted by Crippen LogP contribution is -2.50. The van der Waals surface area contributed by atoms with Crippen LogP contribution in [0.15, 0.2) is 53.5 Å². The van der Waals surface area contributed by atoms with E-state index in [0.717, 1.165) is 67.2 Å². The highest BCUT2D eigenvalue weighted by Crippen LogP contribution is 2.22. The summed E-state index contributed by atoms with van der Waals surface area (Å²) in [5.41, 5.74) is 21.1. The Kier molecular flexibility index (Phi) is 23.0. The Bertz CT molecular complexity index is 1820. The SMILES string of the molecule is CCCCCCN(CCCC[C@H](NC(=O)CCc1ccc(-c2ccc(CCCCN=C(N)NC(=O)c3nc(Cl)c(N)nc3N)cc2)cc1)C(O)O)C[C@H](O)[C@@H](O)[C@H](O)[C@H](O)CO. The number of aliphatic imine (C=N–C) groups is 1. The number of nitrogen functional groups attached to an aromatic ring is 2. The fraction of sp³-hybridized carbons (Fsp3) is 0.558. The molecule has 0 aliphatic carbocycles. The molecule has 0 spiro atoms. The van der Waals surface area contributed by atoms with Crippen molar-refractivity contribution in [3.63, 3.8) is 0 Å². The van der Waals surface area contributed by atoms with Crippen LogP contribution in [-0.4, -0.2) is 138 Å². The summed E-state index contributed by atoms with van der Waals surface area (Å²) in [5.74, 6) is -1.33. The summed E-state index contributed by atoms with van der Waals surface area (Å²) in [7, 11) is 0. The second kappa shape index (κ2) is 27.5. The minimum atomic E-state index is -1.74.